The lowest BCUT2D eigenvalue weighted by Gasteiger charge is -2.14. The highest BCUT2D eigenvalue weighted by atomic mass is 79.9. The van der Waals surface area contributed by atoms with Gasteiger partial charge in [-0.2, -0.15) is 0 Å². The van der Waals surface area contributed by atoms with Crippen LogP contribution in [0.2, 0.25) is 0 Å². The second-order valence-electron chi connectivity index (χ2n) is 4.35. The lowest BCUT2D eigenvalue weighted by molar-refractivity contribution is 0.176. The van der Waals surface area contributed by atoms with Crippen molar-refractivity contribution in [1.82, 2.24) is 0 Å². The molecule has 0 spiro atoms. The van der Waals surface area contributed by atoms with E-state index in [0.29, 0.717) is 11.3 Å². The van der Waals surface area contributed by atoms with Crippen molar-refractivity contribution in [3.63, 3.8) is 0 Å². The first-order chi connectivity index (χ1) is 9.51. The van der Waals surface area contributed by atoms with E-state index >= 15 is 0 Å². The quantitative estimate of drug-likeness (QED) is 0.909. The van der Waals surface area contributed by atoms with Gasteiger partial charge in [0.15, 0.2) is 11.6 Å². The minimum absolute atomic E-state index is 0.244. The zero-order valence-electron chi connectivity index (χ0n) is 10.7. The van der Waals surface area contributed by atoms with E-state index < -0.39 is 17.7 Å². The van der Waals surface area contributed by atoms with Gasteiger partial charge in [-0.15, -0.1) is 0 Å². The molecule has 1 unspecified atom stereocenters. The lowest BCUT2D eigenvalue weighted by Crippen LogP contribution is -2.04. The van der Waals surface area contributed by atoms with Crippen molar-refractivity contribution in [2.24, 2.45) is 0 Å². The highest BCUT2D eigenvalue weighted by Gasteiger charge is 2.14. The molecular formula is C15H13BrF2O2. The molecule has 0 radical (unpaired) electrons. The monoisotopic (exact) mass is 342 g/mol. The zero-order chi connectivity index (χ0) is 14.7. The molecule has 0 aliphatic rings. The minimum Gasteiger partial charge on any atom is -0.496 e. The third-order valence-electron chi connectivity index (χ3n) is 2.98. The van der Waals surface area contributed by atoms with Crippen molar-refractivity contribution in [3.8, 4) is 5.75 Å². The second-order valence-corrected chi connectivity index (χ2v) is 5.27. The third kappa shape index (κ3) is 3.35. The molecule has 0 saturated carbocycles. The van der Waals surface area contributed by atoms with Crippen LogP contribution in [0.3, 0.4) is 0 Å². The van der Waals surface area contributed by atoms with Crippen LogP contribution in [0.1, 0.15) is 17.2 Å². The van der Waals surface area contributed by atoms with Crippen molar-refractivity contribution in [2.45, 2.75) is 12.5 Å². The fourth-order valence-electron chi connectivity index (χ4n) is 1.95. The van der Waals surface area contributed by atoms with E-state index in [1.165, 1.54) is 13.2 Å². The van der Waals surface area contributed by atoms with Gasteiger partial charge in [0.25, 0.3) is 0 Å². The van der Waals surface area contributed by atoms with Crippen LogP contribution in [0.25, 0.3) is 0 Å². The van der Waals surface area contributed by atoms with Crippen LogP contribution in [0.5, 0.6) is 5.75 Å². The van der Waals surface area contributed by atoms with Gasteiger partial charge in [0.1, 0.15) is 5.75 Å². The standard InChI is InChI=1S/C15H13BrF2O2/c1-20-15-5-3-11(16)6-10(15)8-14(19)9-2-4-12(17)13(18)7-9/h2-7,14,19H,8H2,1H3. The Morgan fingerprint density at radius 3 is 2.55 bits per heavy atom. The number of methoxy groups -OCH3 is 1. The van der Waals surface area contributed by atoms with Crippen LogP contribution in [0, 0.1) is 11.6 Å². The fraction of sp³-hybridized carbons (Fsp3) is 0.200. The summed E-state index contributed by atoms with van der Waals surface area (Å²) in [6.07, 6.45) is -0.693. The van der Waals surface area contributed by atoms with Crippen LogP contribution in [0.15, 0.2) is 40.9 Å². The Morgan fingerprint density at radius 2 is 1.90 bits per heavy atom. The average molecular weight is 343 g/mol. The van der Waals surface area contributed by atoms with Crippen LogP contribution < -0.4 is 4.74 Å². The van der Waals surface area contributed by atoms with Gasteiger partial charge in [-0.05, 0) is 41.5 Å². The van der Waals surface area contributed by atoms with Gasteiger partial charge in [0, 0.05) is 10.9 Å². The van der Waals surface area contributed by atoms with E-state index in [1.807, 2.05) is 12.1 Å². The van der Waals surface area contributed by atoms with Crippen LogP contribution in [-0.4, -0.2) is 12.2 Å². The molecule has 0 aromatic heterocycles. The summed E-state index contributed by atoms with van der Waals surface area (Å²) in [5.41, 5.74) is 1.10. The number of hydrogen-bond acceptors (Lipinski definition) is 2. The molecule has 2 aromatic rings. The van der Waals surface area contributed by atoms with Gasteiger partial charge in [-0.1, -0.05) is 22.0 Å². The van der Waals surface area contributed by atoms with Crippen molar-refractivity contribution in [2.75, 3.05) is 7.11 Å². The van der Waals surface area contributed by atoms with Crippen molar-refractivity contribution in [3.05, 3.63) is 63.6 Å². The van der Waals surface area contributed by atoms with Gasteiger partial charge in [0.05, 0.1) is 13.2 Å². The Labute approximate surface area is 124 Å². The highest BCUT2D eigenvalue weighted by Crippen LogP contribution is 2.28. The molecule has 0 aliphatic heterocycles. The molecule has 0 aliphatic carbocycles. The maximum absolute atomic E-state index is 13.2. The average Bonchev–Trinajstić information content (AvgIpc) is 2.42. The van der Waals surface area contributed by atoms with Gasteiger partial charge >= 0.3 is 0 Å². The maximum Gasteiger partial charge on any atom is 0.159 e. The molecule has 20 heavy (non-hydrogen) atoms. The number of aliphatic hydroxyl groups excluding tert-OH is 1. The SMILES string of the molecule is COc1ccc(Br)cc1CC(O)c1ccc(F)c(F)c1. The van der Waals surface area contributed by atoms with Crippen molar-refractivity contribution >= 4 is 15.9 Å². The molecule has 0 bridgehead atoms. The molecular weight excluding hydrogens is 330 g/mol. The van der Waals surface area contributed by atoms with E-state index in [9.17, 15) is 13.9 Å². The number of aliphatic hydroxyl groups is 1. The molecule has 2 nitrogen and oxygen atoms in total. The van der Waals surface area contributed by atoms with E-state index in [4.69, 9.17) is 4.74 Å². The van der Waals surface area contributed by atoms with E-state index in [2.05, 4.69) is 15.9 Å². The Kier molecular flexibility index (Phi) is 4.73. The molecule has 0 amide bonds. The Balaban J connectivity index is 2.24. The lowest BCUT2D eigenvalue weighted by atomic mass is 10.0. The number of rotatable bonds is 4. The predicted molar refractivity (Wildman–Crippen MR) is 75.7 cm³/mol. The topological polar surface area (TPSA) is 29.5 Å². The summed E-state index contributed by atoms with van der Waals surface area (Å²) in [5.74, 6) is -1.27. The summed E-state index contributed by atoms with van der Waals surface area (Å²) in [6, 6.07) is 8.80. The molecule has 2 aromatic carbocycles. The predicted octanol–water partition coefficient (Wildman–Crippen LogP) is 4.01. The van der Waals surface area contributed by atoms with Gasteiger partial charge in [-0.3, -0.25) is 0 Å². The van der Waals surface area contributed by atoms with E-state index in [0.717, 1.165) is 22.2 Å². The summed E-state index contributed by atoms with van der Waals surface area (Å²) in [6.45, 7) is 0. The Bertz CT molecular complexity index is 617. The molecule has 0 saturated heterocycles. The molecule has 1 N–H and O–H groups in total. The minimum atomic E-state index is -0.970. The van der Waals surface area contributed by atoms with Gasteiger partial charge in [0.2, 0.25) is 0 Å². The van der Waals surface area contributed by atoms with Crippen LogP contribution in [0.4, 0.5) is 8.78 Å². The Morgan fingerprint density at radius 1 is 1.15 bits per heavy atom. The highest BCUT2D eigenvalue weighted by molar-refractivity contribution is 9.10. The van der Waals surface area contributed by atoms with E-state index in [1.54, 1.807) is 6.07 Å². The van der Waals surface area contributed by atoms with Crippen molar-refractivity contribution in [1.29, 1.82) is 0 Å². The van der Waals surface area contributed by atoms with Crippen LogP contribution in [-0.2, 0) is 6.42 Å². The largest absolute Gasteiger partial charge is 0.496 e. The molecule has 106 valence electrons. The van der Waals surface area contributed by atoms with Gasteiger partial charge in [-0.25, -0.2) is 8.78 Å². The number of ether oxygens (including phenoxy) is 1. The summed E-state index contributed by atoms with van der Waals surface area (Å²) >= 11 is 3.35. The third-order valence-corrected chi connectivity index (χ3v) is 3.48. The first-order valence-corrected chi connectivity index (χ1v) is 6.76. The van der Waals surface area contributed by atoms with Crippen molar-refractivity contribution < 1.29 is 18.6 Å². The zero-order valence-corrected chi connectivity index (χ0v) is 12.3. The van der Waals surface area contributed by atoms with Gasteiger partial charge < -0.3 is 9.84 Å². The second kappa shape index (κ2) is 6.33. The Hall–Kier alpha value is -1.46. The summed E-state index contributed by atoms with van der Waals surface area (Å²) in [7, 11) is 1.54. The van der Waals surface area contributed by atoms with Crippen LogP contribution >= 0.6 is 15.9 Å². The maximum atomic E-state index is 13.2. The molecule has 1 atom stereocenters. The van der Waals surface area contributed by atoms with E-state index in [-0.39, 0.29) is 6.42 Å². The summed E-state index contributed by atoms with van der Waals surface area (Å²) in [5, 5.41) is 10.1. The molecule has 2 rings (SSSR count). The first kappa shape index (κ1) is 14.9. The summed E-state index contributed by atoms with van der Waals surface area (Å²) in [4.78, 5) is 0. The summed E-state index contributed by atoms with van der Waals surface area (Å²) < 4.78 is 32.1. The number of benzene rings is 2. The molecule has 0 fully saturated rings. The molecule has 0 heterocycles. The fourth-order valence-corrected chi connectivity index (χ4v) is 2.36. The smallest absolute Gasteiger partial charge is 0.159 e. The number of halogens is 3. The first-order valence-electron chi connectivity index (χ1n) is 5.96. The normalized spacial score (nSPS) is 12.2. The molecule has 5 heteroatoms. The number of hydrogen-bond donors (Lipinski definition) is 1.